The van der Waals surface area contributed by atoms with Crippen LogP contribution in [0.1, 0.15) is 31.7 Å². The van der Waals surface area contributed by atoms with Crippen LogP contribution in [0.15, 0.2) is 36.4 Å². The third kappa shape index (κ3) is 4.56. The Morgan fingerprint density at radius 3 is 2.48 bits per heavy atom. The molecule has 0 atom stereocenters. The molecule has 0 saturated heterocycles. The third-order valence-electron chi connectivity index (χ3n) is 3.10. The normalized spacial score (nSPS) is 10.2. The summed E-state index contributed by atoms with van der Waals surface area (Å²) in [6.07, 6.45) is 2.39. The number of benzene rings is 1. The Bertz CT molecular complexity index is 595. The van der Waals surface area contributed by atoms with E-state index in [1.165, 1.54) is 0 Å². The van der Waals surface area contributed by atoms with E-state index in [1.807, 2.05) is 31.2 Å². The Morgan fingerprint density at radius 2 is 1.81 bits per heavy atom. The van der Waals surface area contributed by atoms with E-state index in [0.717, 1.165) is 24.1 Å². The minimum Gasteiger partial charge on any atom is -0.339 e. The second-order valence-electron chi connectivity index (χ2n) is 4.90. The van der Waals surface area contributed by atoms with Gasteiger partial charge in [-0.1, -0.05) is 31.5 Å². The van der Waals surface area contributed by atoms with Gasteiger partial charge in [0, 0.05) is 12.1 Å². The zero-order valence-electron chi connectivity index (χ0n) is 12.4. The van der Waals surface area contributed by atoms with Crippen LogP contribution in [-0.4, -0.2) is 16.1 Å². The molecule has 1 amide bonds. The van der Waals surface area contributed by atoms with E-state index in [2.05, 4.69) is 27.8 Å². The first-order chi connectivity index (χ1) is 10.2. The Hall–Kier alpha value is -2.43. The molecule has 0 aliphatic carbocycles. The van der Waals surface area contributed by atoms with Gasteiger partial charge in [0.1, 0.15) is 0 Å². The summed E-state index contributed by atoms with van der Waals surface area (Å²) in [4.78, 5) is 11.6. The topological polar surface area (TPSA) is 66.9 Å². The molecule has 5 heteroatoms. The highest BCUT2D eigenvalue weighted by atomic mass is 16.1. The molecule has 1 heterocycles. The van der Waals surface area contributed by atoms with Crippen molar-refractivity contribution >= 4 is 23.2 Å². The molecule has 2 N–H and O–H groups in total. The Kier molecular flexibility index (Phi) is 5.26. The molecule has 0 aliphatic heterocycles. The van der Waals surface area contributed by atoms with Crippen LogP contribution in [0.5, 0.6) is 0 Å². The van der Waals surface area contributed by atoms with Crippen molar-refractivity contribution in [3.63, 3.8) is 0 Å². The Labute approximate surface area is 124 Å². The van der Waals surface area contributed by atoms with E-state index in [1.54, 1.807) is 12.1 Å². The van der Waals surface area contributed by atoms with Crippen LogP contribution in [0.25, 0.3) is 0 Å². The SMILES string of the molecule is CCCCC(=O)Nc1ccc(Nc2ccccc2C)nn1. The summed E-state index contributed by atoms with van der Waals surface area (Å²) in [5.41, 5.74) is 2.13. The van der Waals surface area contributed by atoms with Gasteiger partial charge >= 0.3 is 0 Å². The number of rotatable bonds is 6. The molecule has 5 nitrogen and oxygen atoms in total. The predicted molar refractivity (Wildman–Crippen MR) is 84.6 cm³/mol. The van der Waals surface area contributed by atoms with Gasteiger partial charge in [0.15, 0.2) is 11.6 Å². The summed E-state index contributed by atoms with van der Waals surface area (Å²) >= 11 is 0. The van der Waals surface area contributed by atoms with Crippen molar-refractivity contribution < 1.29 is 4.79 Å². The van der Waals surface area contributed by atoms with Crippen molar-refractivity contribution in [1.29, 1.82) is 0 Å². The number of para-hydroxylation sites is 1. The molecule has 0 aliphatic rings. The smallest absolute Gasteiger partial charge is 0.225 e. The average Bonchev–Trinajstić information content (AvgIpc) is 2.49. The largest absolute Gasteiger partial charge is 0.339 e. The van der Waals surface area contributed by atoms with Gasteiger partial charge in [0.05, 0.1) is 0 Å². The van der Waals surface area contributed by atoms with Crippen LogP contribution in [0.2, 0.25) is 0 Å². The lowest BCUT2D eigenvalue weighted by atomic mass is 10.2. The number of anilines is 3. The Morgan fingerprint density at radius 1 is 1.10 bits per heavy atom. The summed E-state index contributed by atoms with van der Waals surface area (Å²) in [6.45, 7) is 4.08. The molecule has 2 rings (SSSR count). The van der Waals surface area contributed by atoms with Crippen molar-refractivity contribution in [3.8, 4) is 0 Å². The number of hydrogen-bond acceptors (Lipinski definition) is 4. The first kappa shape index (κ1) is 15.0. The van der Waals surface area contributed by atoms with Crippen LogP contribution >= 0.6 is 0 Å². The number of aryl methyl sites for hydroxylation is 1. The molecule has 21 heavy (non-hydrogen) atoms. The van der Waals surface area contributed by atoms with Gasteiger partial charge in [-0.25, -0.2) is 0 Å². The van der Waals surface area contributed by atoms with Crippen LogP contribution in [-0.2, 0) is 4.79 Å². The molecule has 0 spiro atoms. The van der Waals surface area contributed by atoms with Crippen LogP contribution < -0.4 is 10.6 Å². The molecule has 0 fully saturated rings. The van der Waals surface area contributed by atoms with Crippen LogP contribution in [0, 0.1) is 6.92 Å². The van der Waals surface area contributed by atoms with E-state index < -0.39 is 0 Å². The lowest BCUT2D eigenvalue weighted by Crippen LogP contribution is -2.12. The molecular formula is C16H20N4O. The fourth-order valence-corrected chi connectivity index (χ4v) is 1.86. The van der Waals surface area contributed by atoms with Crippen LogP contribution in [0.3, 0.4) is 0 Å². The number of unbranched alkanes of at least 4 members (excludes halogenated alkanes) is 1. The van der Waals surface area contributed by atoms with Crippen molar-refractivity contribution in [1.82, 2.24) is 10.2 Å². The van der Waals surface area contributed by atoms with E-state index in [-0.39, 0.29) is 5.91 Å². The minimum atomic E-state index is -0.0224. The second kappa shape index (κ2) is 7.38. The summed E-state index contributed by atoms with van der Waals surface area (Å²) in [6, 6.07) is 11.5. The first-order valence-electron chi connectivity index (χ1n) is 7.15. The summed E-state index contributed by atoms with van der Waals surface area (Å²) < 4.78 is 0. The maximum atomic E-state index is 11.6. The van der Waals surface area contributed by atoms with E-state index in [0.29, 0.717) is 18.1 Å². The van der Waals surface area contributed by atoms with Gasteiger partial charge in [0.25, 0.3) is 0 Å². The molecule has 1 aromatic carbocycles. The molecule has 1 aromatic heterocycles. The maximum Gasteiger partial charge on any atom is 0.225 e. The van der Waals surface area contributed by atoms with Crippen LogP contribution in [0.4, 0.5) is 17.3 Å². The molecule has 0 bridgehead atoms. The molecule has 0 unspecified atom stereocenters. The number of carbonyl (C=O) groups is 1. The van der Waals surface area contributed by atoms with E-state index in [9.17, 15) is 4.79 Å². The minimum absolute atomic E-state index is 0.0224. The monoisotopic (exact) mass is 284 g/mol. The van der Waals surface area contributed by atoms with Crippen molar-refractivity contribution in [2.75, 3.05) is 10.6 Å². The zero-order valence-corrected chi connectivity index (χ0v) is 12.4. The predicted octanol–water partition coefficient (Wildman–Crippen LogP) is 3.66. The quantitative estimate of drug-likeness (QED) is 0.849. The zero-order chi connectivity index (χ0) is 15.1. The second-order valence-corrected chi connectivity index (χ2v) is 4.90. The fraction of sp³-hybridized carbons (Fsp3) is 0.312. The highest BCUT2D eigenvalue weighted by molar-refractivity contribution is 5.89. The standard InChI is InChI=1S/C16H20N4O/c1-3-4-9-16(21)18-15-11-10-14(19-20-15)17-13-8-6-5-7-12(13)2/h5-8,10-11H,3-4,9H2,1-2H3,(H,17,19)(H,18,20,21). The molecule has 110 valence electrons. The van der Waals surface area contributed by atoms with Gasteiger partial charge in [-0.2, -0.15) is 0 Å². The van der Waals surface area contributed by atoms with E-state index in [4.69, 9.17) is 0 Å². The van der Waals surface area contributed by atoms with Gasteiger partial charge in [0.2, 0.25) is 5.91 Å². The number of aromatic nitrogens is 2. The lowest BCUT2D eigenvalue weighted by molar-refractivity contribution is -0.116. The van der Waals surface area contributed by atoms with E-state index >= 15 is 0 Å². The number of nitrogens with one attached hydrogen (secondary N) is 2. The number of hydrogen-bond donors (Lipinski definition) is 2. The highest BCUT2D eigenvalue weighted by Crippen LogP contribution is 2.18. The highest BCUT2D eigenvalue weighted by Gasteiger charge is 2.04. The Balaban J connectivity index is 1.96. The maximum absolute atomic E-state index is 11.6. The summed E-state index contributed by atoms with van der Waals surface area (Å²) in [7, 11) is 0. The summed E-state index contributed by atoms with van der Waals surface area (Å²) in [5, 5.41) is 14.0. The number of carbonyl (C=O) groups excluding carboxylic acids is 1. The lowest BCUT2D eigenvalue weighted by Gasteiger charge is -2.08. The summed E-state index contributed by atoms with van der Waals surface area (Å²) in [5.74, 6) is 1.10. The van der Waals surface area contributed by atoms with Gasteiger partial charge in [-0.3, -0.25) is 4.79 Å². The molecule has 0 radical (unpaired) electrons. The van der Waals surface area contributed by atoms with Gasteiger partial charge in [-0.05, 0) is 37.1 Å². The van der Waals surface area contributed by atoms with Crippen molar-refractivity contribution in [2.45, 2.75) is 33.1 Å². The first-order valence-corrected chi connectivity index (χ1v) is 7.15. The fourth-order valence-electron chi connectivity index (χ4n) is 1.86. The number of nitrogens with zero attached hydrogens (tertiary/aromatic N) is 2. The molecular weight excluding hydrogens is 264 g/mol. The van der Waals surface area contributed by atoms with Crippen molar-refractivity contribution in [2.24, 2.45) is 0 Å². The average molecular weight is 284 g/mol. The number of amides is 1. The van der Waals surface area contributed by atoms with Crippen molar-refractivity contribution in [3.05, 3.63) is 42.0 Å². The molecule has 0 saturated carbocycles. The van der Waals surface area contributed by atoms with Gasteiger partial charge < -0.3 is 10.6 Å². The third-order valence-corrected chi connectivity index (χ3v) is 3.10. The van der Waals surface area contributed by atoms with Gasteiger partial charge in [-0.15, -0.1) is 10.2 Å². The molecule has 2 aromatic rings.